The van der Waals surface area contributed by atoms with E-state index in [4.69, 9.17) is 34.9 Å². The van der Waals surface area contributed by atoms with Gasteiger partial charge in [0.25, 0.3) is 0 Å². The lowest BCUT2D eigenvalue weighted by Crippen LogP contribution is -2.00. The predicted octanol–water partition coefficient (Wildman–Crippen LogP) is 26.6. The van der Waals surface area contributed by atoms with Crippen molar-refractivity contribution in [2.45, 2.75) is 0 Å². The van der Waals surface area contributed by atoms with Crippen LogP contribution in [-0.2, 0) is 0 Å². The molecule has 0 aliphatic carbocycles. The number of pyridine rings is 2. The number of fused-ring (bicyclic) bond motifs is 12. The van der Waals surface area contributed by atoms with E-state index in [1.54, 1.807) is 0 Å². The largest absolute Gasteiger partial charge is 0.308 e. The van der Waals surface area contributed by atoms with E-state index in [0.29, 0.717) is 23.3 Å². The smallest absolute Gasteiger partial charge is 0.164 e. The first-order valence-electron chi connectivity index (χ1n) is 38.4. The summed E-state index contributed by atoms with van der Waals surface area (Å²) in [5, 5.41) is 11.6. The van der Waals surface area contributed by atoms with E-state index >= 15 is 0 Å². The number of rotatable bonds is 12. The maximum absolute atomic E-state index is 5.48. The van der Waals surface area contributed by atoms with Gasteiger partial charge in [0, 0.05) is 88.2 Å². The molecule has 532 valence electrons. The number of benzene rings is 16. The summed E-state index contributed by atoms with van der Waals surface area (Å²) in [5.74, 6) is 2.56. The lowest BCUT2D eigenvalue weighted by atomic mass is 9.98. The van der Waals surface area contributed by atoms with Gasteiger partial charge in [0.05, 0.1) is 55.9 Å². The standard InChI is InChI=1S/C53H34N4.C52H33N5/c1-4-14-35(15-5-1)36-24-26-37(27-25-36)46-34-47(56-53(55-46)40-16-6-2-7-17-40)38-28-30-39(31-29-38)51-50-44-22-12-13-23-49(44)57(43-20-8-3-9-21-43)52(50)45-32-41-18-10-11-19-42(41)33-48(45)54-51;1-4-14-34(15-5-1)35-24-28-38(29-25-35)51-54-50(37-16-6-2-7-17-37)55-52(56-51)39-30-26-36(27-31-39)48-47-43-22-12-13-23-46(43)57(42-20-8-3-9-21-42)49(47)44-32-40-18-10-11-19-41(40)33-45(44)53-48/h1-34H;1-33H. The average molecular weight is 1450 g/mol. The molecule has 22 rings (SSSR count). The fourth-order valence-electron chi connectivity index (χ4n) is 16.2. The van der Waals surface area contributed by atoms with Crippen LogP contribution in [0.25, 0.3) is 211 Å². The van der Waals surface area contributed by atoms with Gasteiger partial charge in [0.15, 0.2) is 23.3 Å². The Kier molecular flexibility index (Phi) is 16.7. The van der Waals surface area contributed by atoms with Crippen LogP contribution >= 0.6 is 0 Å². The molecule has 0 radical (unpaired) electrons. The second kappa shape index (κ2) is 28.5. The fourth-order valence-corrected chi connectivity index (χ4v) is 16.2. The second-order valence-corrected chi connectivity index (χ2v) is 28.7. The van der Waals surface area contributed by atoms with E-state index in [1.807, 2.05) is 60.7 Å². The Morgan fingerprint density at radius 1 is 0.175 bits per heavy atom. The van der Waals surface area contributed by atoms with Gasteiger partial charge in [0.1, 0.15) is 0 Å². The minimum Gasteiger partial charge on any atom is -0.308 e. The first-order valence-corrected chi connectivity index (χ1v) is 38.4. The number of hydrogen-bond donors (Lipinski definition) is 0. The van der Waals surface area contributed by atoms with Gasteiger partial charge in [-0.25, -0.2) is 34.9 Å². The monoisotopic (exact) mass is 1450 g/mol. The van der Waals surface area contributed by atoms with Crippen LogP contribution in [0.1, 0.15) is 0 Å². The Hall–Kier alpha value is -15.5. The number of nitrogens with zero attached hydrogens (tertiary/aromatic N) is 9. The molecule has 0 amide bonds. The van der Waals surface area contributed by atoms with E-state index in [2.05, 4.69) is 355 Å². The highest BCUT2D eigenvalue weighted by Gasteiger charge is 2.25. The lowest BCUT2D eigenvalue weighted by Gasteiger charge is -2.13. The van der Waals surface area contributed by atoms with Gasteiger partial charge < -0.3 is 9.13 Å². The zero-order valence-corrected chi connectivity index (χ0v) is 61.7. The highest BCUT2D eigenvalue weighted by molar-refractivity contribution is 6.25. The van der Waals surface area contributed by atoms with Gasteiger partial charge in [-0.2, -0.15) is 0 Å². The van der Waals surface area contributed by atoms with Crippen molar-refractivity contribution in [3.63, 3.8) is 0 Å². The maximum atomic E-state index is 5.48. The highest BCUT2D eigenvalue weighted by Crippen LogP contribution is 2.46. The Bertz CT molecular complexity index is 6940. The SMILES string of the molecule is c1ccc(-c2ccc(-c3cc(-c4ccc(-c5nc6cc7ccccc7cc6c6c5c5ccccc5n6-c5ccccc5)cc4)nc(-c4ccccc4)n3)cc2)cc1.c1ccc(-c2ccc(-c3nc(-c4ccccc4)nc(-c4ccc(-c5nc6cc7ccccc7cc6c6c5c5ccccc5n6-c5ccccc5)cc4)n3)cc2)cc1. The summed E-state index contributed by atoms with van der Waals surface area (Å²) in [6.07, 6.45) is 0. The molecule has 16 aromatic carbocycles. The van der Waals surface area contributed by atoms with Crippen LogP contribution in [0.15, 0.2) is 406 Å². The third-order valence-corrected chi connectivity index (χ3v) is 21.8. The topological polar surface area (TPSA) is 100 Å². The van der Waals surface area contributed by atoms with Gasteiger partial charge >= 0.3 is 0 Å². The molecular formula is C105H67N9. The molecule has 22 aromatic rings. The molecule has 0 N–H and O–H groups in total. The number of hydrogen-bond acceptors (Lipinski definition) is 7. The van der Waals surface area contributed by atoms with Crippen LogP contribution in [0.2, 0.25) is 0 Å². The van der Waals surface area contributed by atoms with E-state index in [1.165, 1.54) is 38.2 Å². The molecule has 6 heterocycles. The quantitative estimate of drug-likeness (QED) is 0.112. The van der Waals surface area contributed by atoms with E-state index in [0.717, 1.165) is 150 Å². The first-order chi connectivity index (χ1) is 56.5. The van der Waals surface area contributed by atoms with Crippen molar-refractivity contribution >= 4 is 87.0 Å². The second-order valence-electron chi connectivity index (χ2n) is 28.7. The van der Waals surface area contributed by atoms with Crippen LogP contribution in [0.5, 0.6) is 0 Å². The van der Waals surface area contributed by atoms with Crippen molar-refractivity contribution in [1.82, 2.24) is 44.0 Å². The molecule has 0 spiro atoms. The summed E-state index contributed by atoms with van der Waals surface area (Å²) in [5.41, 5.74) is 24.9. The summed E-state index contributed by atoms with van der Waals surface area (Å²) >= 11 is 0. The molecule has 0 aliphatic rings. The Morgan fingerprint density at radius 3 is 0.807 bits per heavy atom. The summed E-state index contributed by atoms with van der Waals surface area (Å²) in [7, 11) is 0. The third kappa shape index (κ3) is 12.2. The van der Waals surface area contributed by atoms with Crippen LogP contribution in [0, 0.1) is 0 Å². The van der Waals surface area contributed by atoms with Gasteiger partial charge in [-0.15, -0.1) is 0 Å². The van der Waals surface area contributed by atoms with Crippen molar-refractivity contribution in [3.8, 4) is 124 Å². The van der Waals surface area contributed by atoms with Gasteiger partial charge in [0.2, 0.25) is 0 Å². The van der Waals surface area contributed by atoms with Crippen molar-refractivity contribution in [2.75, 3.05) is 0 Å². The van der Waals surface area contributed by atoms with Crippen LogP contribution in [0.4, 0.5) is 0 Å². The minimum absolute atomic E-state index is 0.612. The normalized spacial score (nSPS) is 11.5. The highest BCUT2D eigenvalue weighted by atomic mass is 15.0. The molecule has 0 atom stereocenters. The van der Waals surface area contributed by atoms with Crippen molar-refractivity contribution in [3.05, 3.63) is 406 Å². The molecule has 0 aliphatic heterocycles. The van der Waals surface area contributed by atoms with Crippen molar-refractivity contribution < 1.29 is 0 Å². The minimum atomic E-state index is 0.612. The first kappa shape index (κ1) is 66.7. The average Bonchev–Trinajstić information content (AvgIpc) is 1.55. The Morgan fingerprint density at radius 2 is 0.439 bits per heavy atom. The molecule has 0 saturated heterocycles. The van der Waals surface area contributed by atoms with Crippen LogP contribution in [0.3, 0.4) is 0 Å². The summed E-state index contributed by atoms with van der Waals surface area (Å²) < 4.78 is 4.80. The summed E-state index contributed by atoms with van der Waals surface area (Å²) in [6, 6.07) is 142. The predicted molar refractivity (Wildman–Crippen MR) is 471 cm³/mol. The van der Waals surface area contributed by atoms with Crippen LogP contribution in [-0.4, -0.2) is 44.0 Å². The maximum Gasteiger partial charge on any atom is 0.164 e. The van der Waals surface area contributed by atoms with E-state index in [-0.39, 0.29) is 0 Å². The lowest BCUT2D eigenvalue weighted by molar-refractivity contribution is 1.07. The zero-order valence-electron chi connectivity index (χ0n) is 61.7. The molecule has 0 saturated carbocycles. The third-order valence-electron chi connectivity index (χ3n) is 21.8. The molecule has 9 nitrogen and oxygen atoms in total. The van der Waals surface area contributed by atoms with Gasteiger partial charge in [-0.1, -0.05) is 340 Å². The summed E-state index contributed by atoms with van der Waals surface area (Å²) in [6.45, 7) is 0. The molecule has 0 bridgehead atoms. The molecule has 9 heteroatoms. The van der Waals surface area contributed by atoms with Gasteiger partial charge in [-0.3, -0.25) is 0 Å². The zero-order chi connectivity index (χ0) is 75.4. The van der Waals surface area contributed by atoms with Crippen molar-refractivity contribution in [2.24, 2.45) is 0 Å². The van der Waals surface area contributed by atoms with Crippen LogP contribution < -0.4 is 0 Å². The molecule has 0 unspecified atom stereocenters. The van der Waals surface area contributed by atoms with Crippen molar-refractivity contribution in [1.29, 1.82) is 0 Å². The number of para-hydroxylation sites is 4. The fraction of sp³-hybridized carbons (Fsp3) is 0. The Balaban J connectivity index is 0.000000143. The molecule has 6 aromatic heterocycles. The summed E-state index contributed by atoms with van der Waals surface area (Å²) in [4.78, 5) is 36.2. The van der Waals surface area contributed by atoms with Gasteiger partial charge in [-0.05, 0) is 111 Å². The molecule has 0 fully saturated rings. The number of aromatic nitrogens is 9. The Labute approximate surface area is 657 Å². The molecular weight excluding hydrogens is 1390 g/mol. The van der Waals surface area contributed by atoms with E-state index < -0.39 is 0 Å². The molecule has 114 heavy (non-hydrogen) atoms. The van der Waals surface area contributed by atoms with E-state index in [9.17, 15) is 0 Å².